The lowest BCUT2D eigenvalue weighted by atomic mass is 9.83. The minimum Gasteiger partial charge on any atom is -0.450 e. The number of aryl methyl sites for hydroxylation is 1. The average Bonchev–Trinajstić information content (AvgIpc) is 2.62. The quantitative estimate of drug-likeness (QED) is 0.724. The van der Waals surface area contributed by atoms with Gasteiger partial charge in [-0.3, -0.25) is 4.90 Å². The van der Waals surface area contributed by atoms with Crippen LogP contribution < -0.4 is 0 Å². The Hall–Kier alpha value is -1.61. The topological polar surface area (TPSA) is 29.5 Å². The lowest BCUT2D eigenvalue weighted by molar-refractivity contribution is -0.147. The number of benzene rings is 1. The van der Waals surface area contributed by atoms with Gasteiger partial charge in [0, 0.05) is 18.7 Å². The summed E-state index contributed by atoms with van der Waals surface area (Å²) in [7, 11) is 2.10. The molecule has 19 heavy (non-hydrogen) atoms. The largest absolute Gasteiger partial charge is 0.450 e. The third-order valence-electron chi connectivity index (χ3n) is 4.26. The summed E-state index contributed by atoms with van der Waals surface area (Å²) in [6.07, 6.45) is 2.54. The van der Waals surface area contributed by atoms with Crippen molar-refractivity contribution in [1.82, 2.24) is 4.90 Å². The van der Waals surface area contributed by atoms with Crippen molar-refractivity contribution in [1.29, 1.82) is 0 Å². The van der Waals surface area contributed by atoms with Gasteiger partial charge in [-0.15, -0.1) is 0 Å². The molecule has 3 rings (SSSR count). The lowest BCUT2D eigenvalue weighted by Crippen LogP contribution is -2.47. The molecule has 100 valence electrons. The molecular weight excluding hydrogens is 238 g/mol. The van der Waals surface area contributed by atoms with Gasteiger partial charge in [-0.25, -0.2) is 4.79 Å². The highest BCUT2D eigenvalue weighted by atomic mass is 16.6. The van der Waals surface area contributed by atoms with Gasteiger partial charge in [-0.05, 0) is 38.5 Å². The van der Waals surface area contributed by atoms with E-state index in [9.17, 15) is 4.79 Å². The van der Waals surface area contributed by atoms with Gasteiger partial charge in [0.05, 0.1) is 0 Å². The summed E-state index contributed by atoms with van der Waals surface area (Å²) in [6, 6.07) is 8.97. The summed E-state index contributed by atoms with van der Waals surface area (Å²) >= 11 is 0. The summed E-state index contributed by atoms with van der Waals surface area (Å²) in [5.74, 6) is -0.199. The van der Waals surface area contributed by atoms with Crippen molar-refractivity contribution in [2.45, 2.75) is 31.9 Å². The van der Waals surface area contributed by atoms with Gasteiger partial charge in [0.25, 0.3) is 0 Å². The van der Waals surface area contributed by atoms with Crippen LogP contribution in [0, 0.1) is 6.92 Å². The second-order valence-corrected chi connectivity index (χ2v) is 5.87. The van der Waals surface area contributed by atoms with Crippen molar-refractivity contribution < 1.29 is 9.53 Å². The van der Waals surface area contributed by atoms with Gasteiger partial charge >= 0.3 is 5.97 Å². The summed E-state index contributed by atoms with van der Waals surface area (Å²) < 4.78 is 5.45. The van der Waals surface area contributed by atoms with E-state index in [1.165, 1.54) is 11.1 Å². The number of carbonyl (C=O) groups excluding carboxylic acids is 1. The van der Waals surface area contributed by atoms with Gasteiger partial charge in [0.1, 0.15) is 5.60 Å². The van der Waals surface area contributed by atoms with Gasteiger partial charge in [-0.1, -0.05) is 29.8 Å². The van der Waals surface area contributed by atoms with Crippen LogP contribution in [0.2, 0.25) is 0 Å². The molecule has 0 bridgehead atoms. The molecule has 3 nitrogen and oxygen atoms in total. The van der Waals surface area contributed by atoms with Crippen molar-refractivity contribution in [2.75, 3.05) is 13.6 Å². The Bertz CT molecular complexity index is 546. The Kier molecular flexibility index (Phi) is 2.75. The van der Waals surface area contributed by atoms with Crippen LogP contribution in [-0.4, -0.2) is 30.1 Å². The molecule has 0 amide bonds. The Labute approximate surface area is 113 Å². The average molecular weight is 257 g/mol. The standard InChI is InChI=1S/C16H19NO2/c1-11-4-6-12(7-5-11)14-8-13-9-15(18)19-16(13,2)10-17(14)3/h4-7,9,14H,8,10H2,1-3H3. The second-order valence-electron chi connectivity index (χ2n) is 5.87. The molecular formula is C16H19NO2. The lowest BCUT2D eigenvalue weighted by Gasteiger charge is -2.42. The first-order valence-electron chi connectivity index (χ1n) is 6.69. The van der Waals surface area contributed by atoms with Gasteiger partial charge in [-0.2, -0.15) is 0 Å². The summed E-state index contributed by atoms with van der Waals surface area (Å²) in [5, 5.41) is 0. The molecule has 0 N–H and O–H groups in total. The Morgan fingerprint density at radius 1 is 1.32 bits per heavy atom. The highest BCUT2D eigenvalue weighted by Crippen LogP contribution is 2.42. The maximum absolute atomic E-state index is 11.5. The summed E-state index contributed by atoms with van der Waals surface area (Å²) in [5.41, 5.74) is 3.27. The van der Waals surface area contributed by atoms with E-state index in [1.807, 2.05) is 6.92 Å². The van der Waals surface area contributed by atoms with Crippen LogP contribution in [0.25, 0.3) is 0 Å². The SMILES string of the molecule is Cc1ccc(C2CC3=CC(=O)OC3(C)CN2C)cc1. The number of fused-ring (bicyclic) bond motifs is 1. The molecule has 0 aliphatic carbocycles. The third-order valence-corrected chi connectivity index (χ3v) is 4.26. The Balaban J connectivity index is 1.90. The van der Waals surface area contributed by atoms with E-state index in [0.29, 0.717) is 6.04 Å². The zero-order chi connectivity index (χ0) is 13.6. The van der Waals surface area contributed by atoms with E-state index in [2.05, 4.69) is 43.1 Å². The fraction of sp³-hybridized carbons (Fsp3) is 0.438. The highest BCUT2D eigenvalue weighted by Gasteiger charge is 2.45. The van der Waals surface area contributed by atoms with E-state index in [1.54, 1.807) is 6.08 Å². The van der Waals surface area contributed by atoms with Gasteiger partial charge in [0.15, 0.2) is 0 Å². The van der Waals surface area contributed by atoms with E-state index in [0.717, 1.165) is 18.5 Å². The number of hydrogen-bond donors (Lipinski definition) is 0. The van der Waals surface area contributed by atoms with Crippen LogP contribution in [0.5, 0.6) is 0 Å². The zero-order valence-corrected chi connectivity index (χ0v) is 11.6. The number of likely N-dealkylation sites (tertiary alicyclic amines) is 1. The molecule has 2 atom stereocenters. The van der Waals surface area contributed by atoms with Crippen LogP contribution in [-0.2, 0) is 9.53 Å². The number of piperidine rings is 1. The molecule has 1 saturated heterocycles. The van der Waals surface area contributed by atoms with E-state index in [4.69, 9.17) is 4.74 Å². The minimum absolute atomic E-state index is 0.199. The predicted octanol–water partition coefficient (Wildman–Crippen LogP) is 2.61. The second kappa shape index (κ2) is 4.20. The third kappa shape index (κ3) is 2.08. The van der Waals surface area contributed by atoms with Crippen LogP contribution in [0.15, 0.2) is 35.9 Å². The fourth-order valence-electron chi connectivity index (χ4n) is 3.13. The number of carbonyl (C=O) groups is 1. The number of rotatable bonds is 1. The first kappa shape index (κ1) is 12.4. The minimum atomic E-state index is -0.424. The summed E-state index contributed by atoms with van der Waals surface area (Å²) in [4.78, 5) is 13.8. The first-order valence-corrected chi connectivity index (χ1v) is 6.69. The van der Waals surface area contributed by atoms with Crippen LogP contribution in [0.3, 0.4) is 0 Å². The smallest absolute Gasteiger partial charge is 0.331 e. The number of likely N-dealkylation sites (N-methyl/N-ethyl adjacent to an activating group) is 1. The van der Waals surface area contributed by atoms with Gasteiger partial charge < -0.3 is 4.74 Å². The molecule has 2 heterocycles. The number of esters is 1. The molecule has 2 aliphatic rings. The van der Waals surface area contributed by atoms with Crippen LogP contribution >= 0.6 is 0 Å². The molecule has 2 unspecified atom stereocenters. The van der Waals surface area contributed by atoms with Crippen LogP contribution in [0.1, 0.15) is 30.5 Å². The zero-order valence-electron chi connectivity index (χ0n) is 11.6. The molecule has 1 aromatic rings. The molecule has 2 aliphatic heterocycles. The van der Waals surface area contributed by atoms with Crippen LogP contribution in [0.4, 0.5) is 0 Å². The molecule has 1 aromatic carbocycles. The predicted molar refractivity (Wildman–Crippen MR) is 73.7 cm³/mol. The monoisotopic (exact) mass is 257 g/mol. The molecule has 0 saturated carbocycles. The van der Waals surface area contributed by atoms with Crippen molar-refractivity contribution in [3.63, 3.8) is 0 Å². The molecule has 0 spiro atoms. The maximum atomic E-state index is 11.5. The number of ether oxygens (including phenoxy) is 1. The van der Waals surface area contributed by atoms with E-state index in [-0.39, 0.29) is 5.97 Å². The van der Waals surface area contributed by atoms with E-state index >= 15 is 0 Å². The van der Waals surface area contributed by atoms with Crippen molar-refractivity contribution in [2.24, 2.45) is 0 Å². The maximum Gasteiger partial charge on any atom is 0.331 e. The van der Waals surface area contributed by atoms with E-state index < -0.39 is 5.60 Å². The molecule has 1 fully saturated rings. The van der Waals surface area contributed by atoms with Crippen molar-refractivity contribution >= 4 is 5.97 Å². The normalized spacial score (nSPS) is 30.8. The van der Waals surface area contributed by atoms with Gasteiger partial charge in [0.2, 0.25) is 0 Å². The van der Waals surface area contributed by atoms with Crippen molar-refractivity contribution in [3.8, 4) is 0 Å². The van der Waals surface area contributed by atoms with Crippen molar-refractivity contribution in [3.05, 3.63) is 47.0 Å². The number of nitrogens with zero attached hydrogens (tertiary/aromatic N) is 1. The molecule has 3 heteroatoms. The number of hydrogen-bond acceptors (Lipinski definition) is 3. The Morgan fingerprint density at radius 3 is 2.68 bits per heavy atom. The Morgan fingerprint density at radius 2 is 2.00 bits per heavy atom. The molecule has 0 aromatic heterocycles. The highest BCUT2D eigenvalue weighted by molar-refractivity contribution is 5.87. The summed E-state index contributed by atoms with van der Waals surface area (Å²) in [6.45, 7) is 4.85. The fourth-order valence-corrected chi connectivity index (χ4v) is 3.13. The first-order chi connectivity index (χ1) is 8.98. The molecule has 0 radical (unpaired) electrons.